The van der Waals surface area contributed by atoms with Crippen LogP contribution in [0, 0.1) is 0 Å². The lowest BCUT2D eigenvalue weighted by atomic mass is 10.1. The summed E-state index contributed by atoms with van der Waals surface area (Å²) in [5.41, 5.74) is 1.69. The molecule has 27 heavy (non-hydrogen) atoms. The van der Waals surface area contributed by atoms with Crippen LogP contribution in [0.2, 0.25) is 0 Å². The van der Waals surface area contributed by atoms with E-state index in [9.17, 15) is 15.3 Å². The van der Waals surface area contributed by atoms with Gasteiger partial charge in [0.2, 0.25) is 0 Å². The molecule has 1 aliphatic heterocycles. The molecule has 10 heteroatoms. The summed E-state index contributed by atoms with van der Waals surface area (Å²) in [6.45, 7) is -0.402. The normalized spacial score (nSPS) is 25.0. The summed E-state index contributed by atoms with van der Waals surface area (Å²) in [5.74, 6) is 1.22. The molecule has 0 bridgehead atoms. The monoisotopic (exact) mass is 373 g/mol. The van der Waals surface area contributed by atoms with Crippen LogP contribution in [0.4, 0.5) is 11.5 Å². The summed E-state index contributed by atoms with van der Waals surface area (Å²) >= 11 is 0. The molecule has 4 rings (SSSR count). The number of fused-ring (bicyclic) bond motifs is 1. The van der Waals surface area contributed by atoms with Gasteiger partial charge in [0.15, 0.2) is 23.2 Å². The quantitative estimate of drug-likeness (QED) is 0.494. The van der Waals surface area contributed by atoms with Crippen molar-refractivity contribution in [2.45, 2.75) is 24.5 Å². The van der Waals surface area contributed by atoms with E-state index in [1.54, 1.807) is 7.11 Å². The van der Waals surface area contributed by atoms with Crippen molar-refractivity contribution in [3.63, 3.8) is 0 Å². The molecule has 0 saturated carbocycles. The van der Waals surface area contributed by atoms with E-state index in [0.717, 1.165) is 11.4 Å². The highest BCUT2D eigenvalue weighted by Crippen LogP contribution is 2.32. The minimum atomic E-state index is -1.22. The van der Waals surface area contributed by atoms with Gasteiger partial charge >= 0.3 is 0 Å². The smallest absolute Gasteiger partial charge is 0.167 e. The van der Waals surface area contributed by atoms with Gasteiger partial charge in [-0.15, -0.1) is 0 Å². The predicted octanol–water partition coefficient (Wildman–Crippen LogP) is 0.190. The number of imidazole rings is 1. The Morgan fingerprint density at radius 2 is 1.93 bits per heavy atom. The highest BCUT2D eigenvalue weighted by Gasteiger charge is 2.44. The van der Waals surface area contributed by atoms with Crippen molar-refractivity contribution in [1.82, 2.24) is 19.5 Å². The van der Waals surface area contributed by atoms with Crippen LogP contribution < -0.4 is 10.1 Å². The largest absolute Gasteiger partial charge is 0.497 e. The fraction of sp³-hybridized carbons (Fsp3) is 0.353. The Balaban J connectivity index is 1.65. The minimum Gasteiger partial charge on any atom is -0.497 e. The van der Waals surface area contributed by atoms with Gasteiger partial charge in [-0.05, 0) is 24.3 Å². The predicted molar refractivity (Wildman–Crippen MR) is 94.6 cm³/mol. The highest BCUT2D eigenvalue weighted by molar-refractivity contribution is 5.85. The van der Waals surface area contributed by atoms with Crippen LogP contribution in [0.15, 0.2) is 36.9 Å². The highest BCUT2D eigenvalue weighted by atomic mass is 16.6. The number of aliphatic hydroxyl groups is 3. The maximum absolute atomic E-state index is 10.2. The Morgan fingerprint density at radius 1 is 1.15 bits per heavy atom. The first-order valence-electron chi connectivity index (χ1n) is 8.33. The third-order valence-corrected chi connectivity index (χ3v) is 4.50. The molecule has 0 unspecified atom stereocenters. The molecule has 3 aromatic rings. The van der Waals surface area contributed by atoms with Crippen LogP contribution in [0.5, 0.6) is 5.75 Å². The van der Waals surface area contributed by atoms with E-state index in [4.69, 9.17) is 9.47 Å². The number of rotatable bonds is 5. The number of benzene rings is 1. The second-order valence-electron chi connectivity index (χ2n) is 6.13. The van der Waals surface area contributed by atoms with Crippen molar-refractivity contribution in [2.75, 3.05) is 19.0 Å². The molecular weight excluding hydrogens is 354 g/mol. The summed E-state index contributed by atoms with van der Waals surface area (Å²) in [4.78, 5) is 12.8. The summed E-state index contributed by atoms with van der Waals surface area (Å²) in [7, 11) is 1.60. The lowest BCUT2D eigenvalue weighted by Gasteiger charge is -2.16. The van der Waals surface area contributed by atoms with E-state index in [0.29, 0.717) is 17.0 Å². The molecule has 1 fully saturated rings. The van der Waals surface area contributed by atoms with Gasteiger partial charge in [0.05, 0.1) is 20.0 Å². The Hall–Kier alpha value is -2.79. The van der Waals surface area contributed by atoms with Crippen molar-refractivity contribution in [2.24, 2.45) is 0 Å². The van der Waals surface area contributed by atoms with Crippen LogP contribution >= 0.6 is 0 Å². The zero-order chi connectivity index (χ0) is 19.0. The van der Waals surface area contributed by atoms with Crippen molar-refractivity contribution in [3.05, 3.63) is 36.9 Å². The Kier molecular flexibility index (Phi) is 4.62. The summed E-state index contributed by atoms with van der Waals surface area (Å²) < 4.78 is 12.2. The van der Waals surface area contributed by atoms with Crippen LogP contribution in [0.25, 0.3) is 11.2 Å². The molecule has 1 aliphatic rings. The number of aliphatic hydroxyl groups excluding tert-OH is 3. The maximum atomic E-state index is 10.2. The molecule has 1 aromatic carbocycles. The van der Waals surface area contributed by atoms with Crippen molar-refractivity contribution < 1.29 is 24.8 Å². The van der Waals surface area contributed by atoms with E-state index in [1.165, 1.54) is 17.2 Å². The zero-order valence-electron chi connectivity index (χ0n) is 14.4. The summed E-state index contributed by atoms with van der Waals surface area (Å²) in [6.07, 6.45) is -1.37. The van der Waals surface area contributed by atoms with E-state index >= 15 is 0 Å². The van der Waals surface area contributed by atoms with E-state index in [1.807, 2.05) is 24.3 Å². The number of hydrogen-bond acceptors (Lipinski definition) is 9. The molecule has 1 saturated heterocycles. The van der Waals surface area contributed by atoms with E-state index in [-0.39, 0.29) is 0 Å². The number of anilines is 2. The molecule has 4 atom stereocenters. The molecule has 10 nitrogen and oxygen atoms in total. The minimum absolute atomic E-state index is 0.402. The van der Waals surface area contributed by atoms with E-state index < -0.39 is 31.1 Å². The number of nitrogens with one attached hydrogen (secondary N) is 1. The Labute approximate surface area is 154 Å². The average Bonchev–Trinajstić information content (AvgIpc) is 3.25. The first-order valence-corrected chi connectivity index (χ1v) is 8.33. The Bertz CT molecular complexity index is 931. The third kappa shape index (κ3) is 3.08. The molecule has 0 radical (unpaired) electrons. The summed E-state index contributed by atoms with van der Waals surface area (Å²) in [5, 5.41) is 32.6. The van der Waals surface area contributed by atoms with Crippen LogP contribution in [-0.4, -0.2) is 66.9 Å². The summed E-state index contributed by atoms with van der Waals surface area (Å²) in [6, 6.07) is 7.32. The average molecular weight is 373 g/mol. The topological polar surface area (TPSA) is 135 Å². The van der Waals surface area contributed by atoms with Crippen molar-refractivity contribution >= 4 is 22.7 Å². The van der Waals surface area contributed by atoms with Crippen LogP contribution in [-0.2, 0) is 4.74 Å². The van der Waals surface area contributed by atoms with E-state index in [2.05, 4.69) is 20.3 Å². The fourth-order valence-corrected chi connectivity index (χ4v) is 3.05. The molecule has 3 heterocycles. The molecule has 4 N–H and O–H groups in total. The number of methoxy groups -OCH3 is 1. The molecule has 2 aromatic heterocycles. The lowest BCUT2D eigenvalue weighted by molar-refractivity contribution is -0.0511. The third-order valence-electron chi connectivity index (χ3n) is 4.50. The van der Waals surface area contributed by atoms with Gasteiger partial charge in [0, 0.05) is 5.69 Å². The number of hydrogen-bond donors (Lipinski definition) is 4. The second-order valence-corrected chi connectivity index (χ2v) is 6.13. The van der Waals surface area contributed by atoms with Crippen molar-refractivity contribution in [1.29, 1.82) is 0 Å². The maximum Gasteiger partial charge on any atom is 0.167 e. The first-order chi connectivity index (χ1) is 13.1. The van der Waals surface area contributed by atoms with Gasteiger partial charge in [-0.1, -0.05) is 0 Å². The van der Waals surface area contributed by atoms with Crippen molar-refractivity contribution in [3.8, 4) is 5.75 Å². The Morgan fingerprint density at radius 3 is 2.59 bits per heavy atom. The van der Waals surface area contributed by atoms with Gasteiger partial charge in [0.1, 0.15) is 30.4 Å². The molecule has 142 valence electrons. The molecule has 0 amide bonds. The molecule has 0 aliphatic carbocycles. The number of aromatic nitrogens is 4. The molecule has 0 spiro atoms. The zero-order valence-corrected chi connectivity index (χ0v) is 14.4. The fourth-order valence-electron chi connectivity index (χ4n) is 3.05. The SMILES string of the molecule is COc1ccc(Nc2ncnc3c2ncn3[C@H]2O[C@@H](CO)[C@@H](O)[C@H]2O)cc1. The number of ether oxygens (including phenoxy) is 2. The lowest BCUT2D eigenvalue weighted by Crippen LogP contribution is -2.33. The van der Waals surface area contributed by atoms with Crippen LogP contribution in [0.3, 0.4) is 0 Å². The van der Waals surface area contributed by atoms with Gasteiger partial charge in [-0.25, -0.2) is 15.0 Å². The van der Waals surface area contributed by atoms with Gasteiger partial charge < -0.3 is 30.1 Å². The van der Waals surface area contributed by atoms with Gasteiger partial charge in [-0.2, -0.15) is 0 Å². The molecular formula is C17H19N5O5. The standard InChI is InChI=1S/C17H19N5O5/c1-26-10-4-2-9(3-5-10)21-15-12-16(19-7-18-15)22(8-20-12)17-14(25)13(24)11(6-23)27-17/h2-5,7-8,11,13-14,17,23-25H,6H2,1H3,(H,18,19,21)/t11-,13+,14+,17-/m0/s1. The van der Waals surface area contributed by atoms with Gasteiger partial charge in [-0.3, -0.25) is 4.57 Å². The van der Waals surface area contributed by atoms with Gasteiger partial charge in [0.25, 0.3) is 0 Å². The first kappa shape index (κ1) is 17.6. The number of nitrogens with zero attached hydrogens (tertiary/aromatic N) is 4. The van der Waals surface area contributed by atoms with Crippen LogP contribution in [0.1, 0.15) is 6.23 Å². The second kappa shape index (κ2) is 7.08.